The van der Waals surface area contributed by atoms with Crippen LogP contribution in [0, 0.1) is 0 Å². The number of nitrogens with zero attached hydrogens (tertiary/aromatic N) is 1. The Kier molecular flexibility index (Phi) is 5.55. The highest BCUT2D eigenvalue weighted by molar-refractivity contribution is 6.33. The van der Waals surface area contributed by atoms with Gasteiger partial charge in [-0.3, -0.25) is 0 Å². The van der Waals surface area contributed by atoms with Crippen molar-refractivity contribution < 1.29 is 4.74 Å². The first-order valence-electron chi connectivity index (χ1n) is 7.49. The van der Waals surface area contributed by atoms with E-state index in [1.807, 2.05) is 18.2 Å². The van der Waals surface area contributed by atoms with Crippen LogP contribution in [0.2, 0.25) is 5.02 Å². The minimum Gasteiger partial charge on any atom is -0.497 e. The summed E-state index contributed by atoms with van der Waals surface area (Å²) in [6, 6.07) is 6.99. The molecule has 2 rings (SSSR count). The molecule has 2 unspecified atom stereocenters. The van der Waals surface area contributed by atoms with E-state index < -0.39 is 0 Å². The van der Waals surface area contributed by atoms with Gasteiger partial charge in [0.05, 0.1) is 17.8 Å². The predicted octanol–water partition coefficient (Wildman–Crippen LogP) is 3.71. The number of piperidine rings is 1. The molecule has 1 N–H and O–H groups in total. The van der Waals surface area contributed by atoms with Crippen molar-refractivity contribution in [1.29, 1.82) is 0 Å². The Morgan fingerprint density at radius 1 is 1.45 bits per heavy atom. The van der Waals surface area contributed by atoms with Crippen LogP contribution in [0.3, 0.4) is 0 Å². The van der Waals surface area contributed by atoms with E-state index in [0.29, 0.717) is 12.1 Å². The molecule has 1 aromatic rings. The number of hydrogen-bond acceptors (Lipinski definition) is 3. The molecule has 4 heteroatoms. The van der Waals surface area contributed by atoms with Gasteiger partial charge in [-0.1, -0.05) is 18.5 Å². The summed E-state index contributed by atoms with van der Waals surface area (Å²) in [4.78, 5) is 2.40. The first-order valence-corrected chi connectivity index (χ1v) is 7.87. The summed E-state index contributed by atoms with van der Waals surface area (Å²) in [5, 5.41) is 4.43. The Hall–Kier alpha value is -0.930. The molecule has 0 spiro atoms. The number of anilines is 1. The van der Waals surface area contributed by atoms with Gasteiger partial charge in [-0.15, -0.1) is 0 Å². The Bertz CT molecular complexity index is 438. The Balaban J connectivity index is 2.07. The number of ether oxygens (including phenoxy) is 1. The molecular formula is C16H25ClN2O. The number of nitrogens with one attached hydrogen (secondary N) is 1. The second-order valence-electron chi connectivity index (χ2n) is 5.54. The van der Waals surface area contributed by atoms with Crippen molar-refractivity contribution in [1.82, 2.24) is 5.32 Å². The third-order valence-corrected chi connectivity index (χ3v) is 4.34. The molecule has 112 valence electrons. The fourth-order valence-electron chi connectivity index (χ4n) is 2.90. The maximum absolute atomic E-state index is 6.36. The van der Waals surface area contributed by atoms with Gasteiger partial charge in [0.25, 0.3) is 0 Å². The van der Waals surface area contributed by atoms with Crippen LogP contribution in [-0.4, -0.2) is 32.3 Å². The van der Waals surface area contributed by atoms with E-state index >= 15 is 0 Å². The van der Waals surface area contributed by atoms with Gasteiger partial charge >= 0.3 is 0 Å². The van der Waals surface area contributed by atoms with Gasteiger partial charge in [0.15, 0.2) is 0 Å². The predicted molar refractivity (Wildman–Crippen MR) is 86.1 cm³/mol. The van der Waals surface area contributed by atoms with Crippen molar-refractivity contribution >= 4 is 17.3 Å². The Morgan fingerprint density at radius 3 is 2.90 bits per heavy atom. The zero-order valence-corrected chi connectivity index (χ0v) is 13.4. The third-order valence-electron chi connectivity index (χ3n) is 4.02. The van der Waals surface area contributed by atoms with Crippen LogP contribution in [0.5, 0.6) is 5.75 Å². The third kappa shape index (κ3) is 3.58. The van der Waals surface area contributed by atoms with Gasteiger partial charge in [-0.25, -0.2) is 0 Å². The minimum atomic E-state index is 0.489. The monoisotopic (exact) mass is 296 g/mol. The number of methoxy groups -OCH3 is 1. The van der Waals surface area contributed by atoms with Crippen LogP contribution in [0.4, 0.5) is 5.69 Å². The average molecular weight is 297 g/mol. The SMILES string of the molecule is CCCNC1CCN(c2cc(OC)ccc2Cl)C(C)C1. The van der Waals surface area contributed by atoms with Crippen LogP contribution in [0.1, 0.15) is 33.1 Å². The summed E-state index contributed by atoms with van der Waals surface area (Å²) in [6.07, 6.45) is 3.52. The van der Waals surface area contributed by atoms with Crippen LogP contribution in [0.15, 0.2) is 18.2 Å². The maximum Gasteiger partial charge on any atom is 0.121 e. The molecule has 0 bridgehead atoms. The molecule has 1 heterocycles. The molecule has 1 aromatic carbocycles. The topological polar surface area (TPSA) is 24.5 Å². The molecule has 1 aliphatic rings. The summed E-state index contributed by atoms with van der Waals surface area (Å²) < 4.78 is 5.31. The fraction of sp³-hybridized carbons (Fsp3) is 0.625. The first kappa shape index (κ1) is 15.5. The van der Waals surface area contributed by atoms with Crippen molar-refractivity contribution in [3.8, 4) is 5.75 Å². The van der Waals surface area contributed by atoms with E-state index in [4.69, 9.17) is 16.3 Å². The number of hydrogen-bond donors (Lipinski definition) is 1. The van der Waals surface area contributed by atoms with E-state index in [1.54, 1.807) is 7.11 Å². The van der Waals surface area contributed by atoms with Crippen LogP contribution in [0.25, 0.3) is 0 Å². The average Bonchev–Trinajstić information content (AvgIpc) is 2.46. The van der Waals surface area contributed by atoms with Gasteiger partial charge in [0.2, 0.25) is 0 Å². The summed E-state index contributed by atoms with van der Waals surface area (Å²) in [5.74, 6) is 0.864. The van der Waals surface area contributed by atoms with Crippen molar-refractivity contribution in [2.45, 2.75) is 45.2 Å². The van der Waals surface area contributed by atoms with Crippen molar-refractivity contribution in [2.75, 3.05) is 25.1 Å². The van der Waals surface area contributed by atoms with E-state index in [2.05, 4.69) is 24.1 Å². The summed E-state index contributed by atoms with van der Waals surface area (Å²) in [5.41, 5.74) is 1.09. The highest BCUT2D eigenvalue weighted by atomic mass is 35.5. The first-order chi connectivity index (χ1) is 9.65. The van der Waals surface area contributed by atoms with Gasteiger partial charge in [0, 0.05) is 24.7 Å². The molecular weight excluding hydrogens is 272 g/mol. The molecule has 1 aliphatic heterocycles. The standard InChI is InChI=1S/C16H25ClN2O/c1-4-8-18-13-7-9-19(12(2)10-13)16-11-14(20-3)5-6-15(16)17/h5-6,11-13,18H,4,7-10H2,1-3H3. The van der Waals surface area contributed by atoms with E-state index in [-0.39, 0.29) is 0 Å². The largest absolute Gasteiger partial charge is 0.497 e. The summed E-state index contributed by atoms with van der Waals surface area (Å²) in [6.45, 7) is 6.63. The number of rotatable bonds is 5. The summed E-state index contributed by atoms with van der Waals surface area (Å²) in [7, 11) is 1.69. The van der Waals surface area contributed by atoms with Crippen LogP contribution < -0.4 is 15.0 Å². The highest BCUT2D eigenvalue weighted by Crippen LogP contribution is 2.34. The Morgan fingerprint density at radius 2 is 2.25 bits per heavy atom. The molecule has 0 amide bonds. The van der Waals surface area contributed by atoms with E-state index in [1.165, 1.54) is 6.42 Å². The normalized spacial score (nSPS) is 22.9. The van der Waals surface area contributed by atoms with Crippen molar-refractivity contribution in [3.63, 3.8) is 0 Å². The minimum absolute atomic E-state index is 0.489. The number of halogens is 1. The lowest BCUT2D eigenvalue weighted by Gasteiger charge is -2.40. The lowest BCUT2D eigenvalue weighted by Crippen LogP contribution is -2.47. The smallest absolute Gasteiger partial charge is 0.121 e. The molecule has 0 aliphatic carbocycles. The zero-order valence-electron chi connectivity index (χ0n) is 12.7. The second kappa shape index (κ2) is 7.19. The molecule has 0 aromatic heterocycles. The zero-order chi connectivity index (χ0) is 14.5. The fourth-order valence-corrected chi connectivity index (χ4v) is 3.13. The van der Waals surface area contributed by atoms with Gasteiger partial charge in [-0.2, -0.15) is 0 Å². The van der Waals surface area contributed by atoms with E-state index in [9.17, 15) is 0 Å². The maximum atomic E-state index is 6.36. The Labute approximate surface area is 127 Å². The molecule has 1 fully saturated rings. The van der Waals surface area contributed by atoms with Crippen LogP contribution in [-0.2, 0) is 0 Å². The van der Waals surface area contributed by atoms with Gasteiger partial charge in [0.1, 0.15) is 5.75 Å². The van der Waals surface area contributed by atoms with Crippen LogP contribution >= 0.6 is 11.6 Å². The highest BCUT2D eigenvalue weighted by Gasteiger charge is 2.26. The quantitative estimate of drug-likeness (QED) is 0.896. The molecule has 20 heavy (non-hydrogen) atoms. The van der Waals surface area contributed by atoms with Gasteiger partial charge < -0.3 is 15.0 Å². The molecule has 2 atom stereocenters. The number of benzene rings is 1. The van der Waals surface area contributed by atoms with Crippen molar-refractivity contribution in [2.24, 2.45) is 0 Å². The molecule has 3 nitrogen and oxygen atoms in total. The van der Waals surface area contributed by atoms with Crippen molar-refractivity contribution in [3.05, 3.63) is 23.2 Å². The molecule has 0 radical (unpaired) electrons. The lowest BCUT2D eigenvalue weighted by molar-refractivity contribution is 0.368. The van der Waals surface area contributed by atoms with E-state index in [0.717, 1.165) is 42.4 Å². The molecule has 0 saturated carbocycles. The molecule has 1 saturated heterocycles. The second-order valence-corrected chi connectivity index (χ2v) is 5.94. The summed E-state index contributed by atoms with van der Waals surface area (Å²) >= 11 is 6.36. The van der Waals surface area contributed by atoms with Gasteiger partial charge in [-0.05, 0) is 44.9 Å². The lowest BCUT2D eigenvalue weighted by atomic mass is 9.97.